The fraction of sp³-hybridized carbons (Fsp3) is 0.364. The Morgan fingerprint density at radius 3 is 2.62 bits per heavy atom. The van der Waals surface area contributed by atoms with Crippen LogP contribution in [0.3, 0.4) is 0 Å². The number of rotatable bonds is 4. The van der Waals surface area contributed by atoms with Crippen molar-refractivity contribution in [3.05, 3.63) is 28.2 Å². The molecule has 1 unspecified atom stereocenters. The fourth-order valence-corrected chi connectivity index (χ4v) is 1.94. The summed E-state index contributed by atoms with van der Waals surface area (Å²) in [6, 6.07) is 4.98. The van der Waals surface area contributed by atoms with Gasteiger partial charge in [-0.25, -0.2) is 0 Å². The molecule has 0 radical (unpaired) electrons. The molecule has 2 N–H and O–H groups in total. The monoisotopic (exact) mass is 288 g/mol. The van der Waals surface area contributed by atoms with Crippen LogP contribution >= 0.6 is 15.9 Å². The Morgan fingerprint density at radius 1 is 1.56 bits per heavy atom. The van der Waals surface area contributed by atoms with Gasteiger partial charge >= 0.3 is 5.97 Å². The van der Waals surface area contributed by atoms with Gasteiger partial charge in [-0.2, -0.15) is 0 Å². The van der Waals surface area contributed by atoms with Crippen molar-refractivity contribution in [3.63, 3.8) is 0 Å². The Balaban J connectivity index is 3.04. The number of hydrogen-bond donors (Lipinski definition) is 2. The number of carboxylic acid groups (broad SMARTS) is 1. The number of aliphatic carboxylic acids is 1. The third-order valence-corrected chi connectivity index (χ3v) is 2.89. The largest absolute Gasteiger partial charge is 0.496 e. The quantitative estimate of drug-likeness (QED) is 0.891. The second-order valence-corrected chi connectivity index (χ2v) is 4.55. The van der Waals surface area contributed by atoms with E-state index in [1.807, 2.05) is 0 Å². The zero-order chi connectivity index (χ0) is 12.3. The Hall–Kier alpha value is -1.07. The zero-order valence-electron chi connectivity index (χ0n) is 9.03. The molecule has 1 atom stereocenters. The lowest BCUT2D eigenvalue weighted by Crippen LogP contribution is -2.25. The third-order valence-electron chi connectivity index (χ3n) is 2.27. The Labute approximate surface area is 102 Å². The number of methoxy groups -OCH3 is 1. The minimum atomic E-state index is -1.39. The van der Waals surface area contributed by atoms with Crippen molar-refractivity contribution >= 4 is 21.9 Å². The first-order valence-corrected chi connectivity index (χ1v) is 5.44. The molecule has 1 aromatic carbocycles. The number of halogens is 1. The van der Waals surface area contributed by atoms with Crippen LogP contribution in [0.15, 0.2) is 22.7 Å². The molecule has 4 nitrogen and oxygen atoms in total. The molecule has 0 bridgehead atoms. The standard InChI is InChI=1S/C11H13BrO4/c1-11(15,6-10(13)14)7-3-4-9(16-2)8(12)5-7/h3-5,15H,6H2,1-2H3,(H,13,14). The summed E-state index contributed by atoms with van der Waals surface area (Å²) in [4.78, 5) is 10.6. The minimum Gasteiger partial charge on any atom is -0.496 e. The Bertz CT molecular complexity index is 401. The van der Waals surface area contributed by atoms with E-state index in [-0.39, 0.29) is 6.42 Å². The smallest absolute Gasteiger partial charge is 0.306 e. The van der Waals surface area contributed by atoms with Gasteiger partial charge in [-0.05, 0) is 40.5 Å². The summed E-state index contributed by atoms with van der Waals surface area (Å²) >= 11 is 3.28. The van der Waals surface area contributed by atoms with Crippen LogP contribution in [0.2, 0.25) is 0 Å². The molecule has 5 heteroatoms. The normalized spacial score (nSPS) is 14.2. The fourth-order valence-electron chi connectivity index (χ4n) is 1.40. The van der Waals surface area contributed by atoms with E-state index >= 15 is 0 Å². The number of aliphatic hydroxyl groups is 1. The van der Waals surface area contributed by atoms with Gasteiger partial charge in [0, 0.05) is 0 Å². The first-order valence-electron chi connectivity index (χ1n) is 4.65. The highest BCUT2D eigenvalue weighted by Crippen LogP contribution is 2.32. The third kappa shape index (κ3) is 2.96. The van der Waals surface area contributed by atoms with Crippen LogP contribution < -0.4 is 4.74 Å². The van der Waals surface area contributed by atoms with Crippen molar-refractivity contribution in [2.24, 2.45) is 0 Å². The summed E-state index contributed by atoms with van der Waals surface area (Å²) < 4.78 is 5.73. The predicted molar refractivity (Wildman–Crippen MR) is 62.5 cm³/mol. The Morgan fingerprint density at radius 2 is 2.19 bits per heavy atom. The predicted octanol–water partition coefficient (Wildman–Crippen LogP) is 2.14. The molecular weight excluding hydrogens is 276 g/mol. The van der Waals surface area contributed by atoms with Gasteiger partial charge in [-0.3, -0.25) is 4.79 Å². The maximum atomic E-state index is 10.6. The number of carbonyl (C=O) groups is 1. The molecule has 0 aliphatic heterocycles. The van der Waals surface area contributed by atoms with Crippen LogP contribution in [0, 0.1) is 0 Å². The van der Waals surface area contributed by atoms with Crippen LogP contribution in [0.5, 0.6) is 5.75 Å². The molecule has 16 heavy (non-hydrogen) atoms. The van der Waals surface area contributed by atoms with Crippen LogP contribution in [0.4, 0.5) is 0 Å². The van der Waals surface area contributed by atoms with Crippen molar-refractivity contribution in [3.8, 4) is 5.75 Å². The summed E-state index contributed by atoms with van der Waals surface area (Å²) in [7, 11) is 1.54. The van der Waals surface area contributed by atoms with Gasteiger partial charge in [-0.15, -0.1) is 0 Å². The lowest BCUT2D eigenvalue weighted by atomic mass is 9.92. The van der Waals surface area contributed by atoms with Crippen LogP contribution in [0.1, 0.15) is 18.9 Å². The van der Waals surface area contributed by atoms with E-state index < -0.39 is 11.6 Å². The summed E-state index contributed by atoms with van der Waals surface area (Å²) in [6.45, 7) is 1.47. The Kier molecular flexibility index (Phi) is 3.93. The molecule has 0 amide bonds. The van der Waals surface area contributed by atoms with E-state index in [4.69, 9.17) is 9.84 Å². The van der Waals surface area contributed by atoms with E-state index in [2.05, 4.69) is 15.9 Å². The van der Waals surface area contributed by atoms with Gasteiger partial charge in [0.15, 0.2) is 0 Å². The van der Waals surface area contributed by atoms with Gasteiger partial charge < -0.3 is 14.9 Å². The van der Waals surface area contributed by atoms with Crippen LogP contribution in [-0.4, -0.2) is 23.3 Å². The number of carboxylic acids is 1. The van der Waals surface area contributed by atoms with Gasteiger partial charge in [0.1, 0.15) is 5.75 Å². The maximum absolute atomic E-state index is 10.6. The van der Waals surface area contributed by atoms with Crippen LogP contribution in [-0.2, 0) is 10.4 Å². The summed E-state index contributed by atoms with van der Waals surface area (Å²) in [5.74, 6) is -0.410. The first kappa shape index (κ1) is 13.0. The first-order chi connectivity index (χ1) is 7.36. The lowest BCUT2D eigenvalue weighted by Gasteiger charge is -2.22. The maximum Gasteiger partial charge on any atom is 0.306 e. The highest BCUT2D eigenvalue weighted by atomic mass is 79.9. The summed E-state index contributed by atoms with van der Waals surface area (Å²) in [5.41, 5.74) is -0.858. The molecule has 1 aromatic rings. The molecule has 0 saturated heterocycles. The lowest BCUT2D eigenvalue weighted by molar-refractivity contribution is -0.142. The molecule has 0 fully saturated rings. The average molecular weight is 289 g/mol. The number of benzene rings is 1. The second-order valence-electron chi connectivity index (χ2n) is 3.69. The van der Waals surface area contributed by atoms with Crippen molar-refractivity contribution in [2.75, 3.05) is 7.11 Å². The summed E-state index contributed by atoms with van der Waals surface area (Å²) in [6.07, 6.45) is -0.341. The second kappa shape index (κ2) is 4.84. The van der Waals surface area contributed by atoms with Gasteiger partial charge in [0.2, 0.25) is 0 Å². The zero-order valence-corrected chi connectivity index (χ0v) is 10.6. The van der Waals surface area contributed by atoms with Crippen LogP contribution in [0.25, 0.3) is 0 Å². The van der Waals surface area contributed by atoms with Crippen molar-refractivity contribution in [1.82, 2.24) is 0 Å². The minimum absolute atomic E-state index is 0.341. The number of hydrogen-bond acceptors (Lipinski definition) is 3. The van der Waals surface area contributed by atoms with E-state index in [9.17, 15) is 9.90 Å². The van der Waals surface area contributed by atoms with Gasteiger partial charge in [0.05, 0.1) is 23.6 Å². The molecule has 0 heterocycles. The molecule has 88 valence electrons. The molecule has 0 aromatic heterocycles. The molecule has 0 spiro atoms. The highest BCUT2D eigenvalue weighted by molar-refractivity contribution is 9.10. The van der Waals surface area contributed by atoms with E-state index in [1.165, 1.54) is 14.0 Å². The van der Waals surface area contributed by atoms with E-state index in [0.29, 0.717) is 15.8 Å². The van der Waals surface area contributed by atoms with E-state index in [0.717, 1.165) is 0 Å². The van der Waals surface area contributed by atoms with Crippen molar-refractivity contribution in [1.29, 1.82) is 0 Å². The van der Waals surface area contributed by atoms with E-state index in [1.54, 1.807) is 18.2 Å². The molecule has 0 aliphatic rings. The van der Waals surface area contributed by atoms with Gasteiger partial charge in [-0.1, -0.05) is 6.07 Å². The average Bonchev–Trinajstić information content (AvgIpc) is 2.15. The molecule has 1 rings (SSSR count). The van der Waals surface area contributed by atoms with Gasteiger partial charge in [0.25, 0.3) is 0 Å². The van der Waals surface area contributed by atoms with Crippen molar-refractivity contribution in [2.45, 2.75) is 18.9 Å². The topological polar surface area (TPSA) is 66.8 Å². The molecule has 0 aliphatic carbocycles. The SMILES string of the molecule is COc1ccc(C(C)(O)CC(=O)O)cc1Br. The highest BCUT2D eigenvalue weighted by Gasteiger charge is 2.27. The molecular formula is C11H13BrO4. The number of ether oxygens (including phenoxy) is 1. The summed E-state index contributed by atoms with van der Waals surface area (Å²) in [5, 5.41) is 18.7. The molecule has 0 saturated carbocycles. The van der Waals surface area contributed by atoms with Crippen molar-refractivity contribution < 1.29 is 19.7 Å².